The fourth-order valence-corrected chi connectivity index (χ4v) is 2.69. The van der Waals surface area contributed by atoms with Crippen LogP contribution in [0.2, 0.25) is 0 Å². The van der Waals surface area contributed by atoms with Gasteiger partial charge in [0.15, 0.2) is 0 Å². The van der Waals surface area contributed by atoms with Crippen LogP contribution in [0.25, 0.3) is 0 Å². The summed E-state index contributed by atoms with van der Waals surface area (Å²) in [7, 11) is 4.94. The summed E-state index contributed by atoms with van der Waals surface area (Å²) in [4.78, 5) is 4.26. The third-order valence-electron chi connectivity index (χ3n) is 4.04. The lowest BCUT2D eigenvalue weighted by Gasteiger charge is -2.18. The van der Waals surface area contributed by atoms with Crippen LogP contribution < -0.4 is 19.5 Å². The zero-order valence-electron chi connectivity index (χ0n) is 15.1. The van der Waals surface area contributed by atoms with Crippen LogP contribution in [-0.4, -0.2) is 37.4 Å². The summed E-state index contributed by atoms with van der Waals surface area (Å²) in [6.45, 7) is 6.73. The highest BCUT2D eigenvalue weighted by molar-refractivity contribution is 5.50. The number of rotatable bonds is 9. The molecule has 2 rings (SSSR count). The van der Waals surface area contributed by atoms with E-state index < -0.39 is 0 Å². The molecule has 1 aromatic carbocycles. The normalized spacial score (nSPS) is 12.0. The van der Waals surface area contributed by atoms with E-state index in [1.165, 1.54) is 0 Å². The summed E-state index contributed by atoms with van der Waals surface area (Å²) in [5.41, 5.74) is 0.992. The molecule has 0 aliphatic carbocycles. The summed E-state index contributed by atoms with van der Waals surface area (Å²) in [5, 5.41) is 3.49. The molecule has 1 aromatic heterocycles. The van der Waals surface area contributed by atoms with E-state index >= 15 is 0 Å². The molecule has 0 amide bonds. The Morgan fingerprint density at radius 3 is 2.29 bits per heavy atom. The number of nitrogens with one attached hydrogen (secondary N) is 1. The molecule has 6 nitrogen and oxygen atoms in total. The third kappa shape index (κ3) is 4.41. The van der Waals surface area contributed by atoms with Crippen molar-refractivity contribution in [2.75, 3.05) is 27.9 Å². The third-order valence-corrected chi connectivity index (χ3v) is 4.04. The van der Waals surface area contributed by atoms with E-state index in [0.717, 1.165) is 41.7 Å². The molecule has 1 N–H and O–H groups in total. The molecular formula is C18H27N3O3. The number of nitrogens with zero attached hydrogens (tertiary/aromatic N) is 2. The van der Waals surface area contributed by atoms with Gasteiger partial charge in [-0.2, -0.15) is 0 Å². The van der Waals surface area contributed by atoms with Crippen molar-refractivity contribution in [3.8, 4) is 17.2 Å². The van der Waals surface area contributed by atoms with Crippen LogP contribution in [0.15, 0.2) is 24.5 Å². The minimum absolute atomic E-state index is 0.480. The highest BCUT2D eigenvalue weighted by atomic mass is 16.5. The Kier molecular flexibility index (Phi) is 6.49. The molecule has 0 aliphatic rings. The fourth-order valence-electron chi connectivity index (χ4n) is 2.69. The van der Waals surface area contributed by atoms with Gasteiger partial charge >= 0.3 is 0 Å². The maximum Gasteiger partial charge on any atom is 0.130 e. The standard InChI is InChI=1S/C18H27N3O3/c1-13(12-21-7-6-20-14(21)2)10-19-11-16-17(23-4)8-15(22-3)9-18(16)24-5/h6-9,13,19H,10-12H2,1-5H3. The van der Waals surface area contributed by atoms with Crippen molar-refractivity contribution in [3.05, 3.63) is 35.9 Å². The van der Waals surface area contributed by atoms with Crippen LogP contribution in [0.5, 0.6) is 17.2 Å². The Morgan fingerprint density at radius 2 is 1.79 bits per heavy atom. The molecule has 0 saturated carbocycles. The smallest absolute Gasteiger partial charge is 0.130 e. The van der Waals surface area contributed by atoms with E-state index in [1.807, 2.05) is 31.5 Å². The molecule has 132 valence electrons. The van der Waals surface area contributed by atoms with Gasteiger partial charge in [-0.1, -0.05) is 6.92 Å². The van der Waals surface area contributed by atoms with Gasteiger partial charge < -0.3 is 24.1 Å². The van der Waals surface area contributed by atoms with Gasteiger partial charge in [-0.05, 0) is 19.4 Å². The number of aromatic nitrogens is 2. The summed E-state index contributed by atoms with van der Waals surface area (Å²) >= 11 is 0. The first kappa shape index (κ1) is 18.1. The van der Waals surface area contributed by atoms with E-state index in [4.69, 9.17) is 14.2 Å². The van der Waals surface area contributed by atoms with E-state index in [0.29, 0.717) is 12.5 Å². The van der Waals surface area contributed by atoms with Crippen LogP contribution in [0.1, 0.15) is 18.3 Å². The van der Waals surface area contributed by atoms with Crippen LogP contribution in [-0.2, 0) is 13.1 Å². The number of ether oxygens (including phenoxy) is 3. The zero-order valence-corrected chi connectivity index (χ0v) is 15.1. The van der Waals surface area contributed by atoms with Crippen molar-refractivity contribution >= 4 is 0 Å². The van der Waals surface area contributed by atoms with Crippen molar-refractivity contribution in [2.45, 2.75) is 26.9 Å². The predicted octanol–water partition coefficient (Wildman–Crippen LogP) is 2.64. The van der Waals surface area contributed by atoms with Crippen molar-refractivity contribution < 1.29 is 14.2 Å². The highest BCUT2D eigenvalue weighted by Gasteiger charge is 2.13. The van der Waals surface area contributed by atoms with Crippen LogP contribution in [0.3, 0.4) is 0 Å². The van der Waals surface area contributed by atoms with Gasteiger partial charge in [-0.3, -0.25) is 0 Å². The van der Waals surface area contributed by atoms with Crippen LogP contribution in [0, 0.1) is 12.8 Å². The Hall–Kier alpha value is -2.21. The molecule has 2 aromatic rings. The van der Waals surface area contributed by atoms with E-state index in [2.05, 4.69) is 21.8 Å². The summed E-state index contributed by atoms with van der Waals surface area (Å²) in [5.74, 6) is 3.76. The van der Waals surface area contributed by atoms with E-state index in [1.54, 1.807) is 21.3 Å². The van der Waals surface area contributed by atoms with E-state index in [9.17, 15) is 0 Å². The van der Waals surface area contributed by atoms with Gasteiger partial charge in [0.05, 0.1) is 26.9 Å². The largest absolute Gasteiger partial charge is 0.496 e. The molecule has 6 heteroatoms. The maximum absolute atomic E-state index is 5.48. The van der Waals surface area contributed by atoms with Crippen molar-refractivity contribution in [2.24, 2.45) is 5.92 Å². The topological polar surface area (TPSA) is 57.5 Å². The summed E-state index contributed by atoms with van der Waals surface area (Å²) in [6, 6.07) is 3.75. The predicted molar refractivity (Wildman–Crippen MR) is 93.9 cm³/mol. The van der Waals surface area contributed by atoms with Gasteiger partial charge in [0, 0.05) is 37.6 Å². The second-order valence-electron chi connectivity index (χ2n) is 5.87. The summed E-state index contributed by atoms with van der Waals surface area (Å²) < 4.78 is 18.4. The molecule has 0 radical (unpaired) electrons. The molecule has 1 unspecified atom stereocenters. The molecular weight excluding hydrogens is 306 g/mol. The Labute approximate surface area is 143 Å². The van der Waals surface area contributed by atoms with E-state index in [-0.39, 0.29) is 0 Å². The van der Waals surface area contributed by atoms with Crippen molar-refractivity contribution in [3.63, 3.8) is 0 Å². The molecule has 0 saturated heterocycles. The Morgan fingerprint density at radius 1 is 1.12 bits per heavy atom. The second kappa shape index (κ2) is 8.59. The van der Waals surface area contributed by atoms with Crippen LogP contribution >= 0.6 is 0 Å². The Balaban J connectivity index is 1.97. The first-order valence-corrected chi connectivity index (χ1v) is 8.06. The number of benzene rings is 1. The molecule has 1 atom stereocenters. The molecule has 24 heavy (non-hydrogen) atoms. The maximum atomic E-state index is 5.48. The quantitative estimate of drug-likeness (QED) is 0.764. The van der Waals surface area contributed by atoms with Gasteiger partial charge in [0.1, 0.15) is 23.1 Å². The lowest BCUT2D eigenvalue weighted by atomic mass is 10.1. The average Bonchev–Trinajstić information content (AvgIpc) is 2.99. The lowest BCUT2D eigenvalue weighted by molar-refractivity contribution is 0.364. The lowest BCUT2D eigenvalue weighted by Crippen LogP contribution is -2.24. The number of hydrogen-bond donors (Lipinski definition) is 1. The fraction of sp³-hybridized carbons (Fsp3) is 0.500. The number of imidazole rings is 1. The van der Waals surface area contributed by atoms with Gasteiger partial charge in [-0.25, -0.2) is 4.98 Å². The van der Waals surface area contributed by atoms with Crippen molar-refractivity contribution in [1.29, 1.82) is 0 Å². The SMILES string of the molecule is COc1cc(OC)c(CNCC(C)Cn2ccnc2C)c(OC)c1. The number of methoxy groups -OCH3 is 3. The minimum Gasteiger partial charge on any atom is -0.496 e. The molecule has 0 fully saturated rings. The Bertz CT molecular complexity index is 630. The van der Waals surface area contributed by atoms with Crippen LogP contribution in [0.4, 0.5) is 0 Å². The van der Waals surface area contributed by atoms with Gasteiger partial charge in [-0.15, -0.1) is 0 Å². The molecule has 1 heterocycles. The molecule has 0 bridgehead atoms. The first-order valence-electron chi connectivity index (χ1n) is 8.06. The minimum atomic E-state index is 0.480. The molecule has 0 aliphatic heterocycles. The molecule has 0 spiro atoms. The monoisotopic (exact) mass is 333 g/mol. The van der Waals surface area contributed by atoms with Gasteiger partial charge in [0.2, 0.25) is 0 Å². The van der Waals surface area contributed by atoms with Crippen molar-refractivity contribution in [1.82, 2.24) is 14.9 Å². The van der Waals surface area contributed by atoms with Gasteiger partial charge in [0.25, 0.3) is 0 Å². The first-order chi connectivity index (χ1) is 11.6. The zero-order chi connectivity index (χ0) is 17.5. The highest BCUT2D eigenvalue weighted by Crippen LogP contribution is 2.33. The summed E-state index contributed by atoms with van der Waals surface area (Å²) in [6.07, 6.45) is 3.85. The number of hydrogen-bond acceptors (Lipinski definition) is 5. The second-order valence-corrected chi connectivity index (χ2v) is 5.87. The average molecular weight is 333 g/mol. The number of aryl methyl sites for hydroxylation is 1.